The van der Waals surface area contributed by atoms with Crippen molar-refractivity contribution in [1.29, 1.82) is 0 Å². The minimum atomic E-state index is -0.262. The predicted octanol–water partition coefficient (Wildman–Crippen LogP) is 5.28. The van der Waals surface area contributed by atoms with Crippen LogP contribution in [0.2, 0.25) is 0 Å². The Hall–Kier alpha value is -0.650. The Labute approximate surface area is 214 Å². The molecule has 1 heterocycles. The summed E-state index contributed by atoms with van der Waals surface area (Å²) in [6.07, 6.45) is 9.99. The van der Waals surface area contributed by atoms with Gasteiger partial charge >= 0.3 is 0 Å². The van der Waals surface area contributed by atoms with Crippen LogP contribution >= 0.6 is 0 Å². The number of carbonyl (C=O) groups is 1. The van der Waals surface area contributed by atoms with E-state index in [9.17, 15) is 15.0 Å². The summed E-state index contributed by atoms with van der Waals surface area (Å²) in [5.41, 5.74) is 0.417. The second-order valence-electron chi connectivity index (χ2n) is 13.5. The molecule has 2 N–H and O–H groups in total. The van der Waals surface area contributed by atoms with Crippen LogP contribution in [0.3, 0.4) is 0 Å². The van der Waals surface area contributed by atoms with Gasteiger partial charge in [-0.05, 0) is 97.7 Å². The Morgan fingerprint density at radius 2 is 1.66 bits per heavy atom. The highest BCUT2D eigenvalue weighted by atomic mass is 16.5. The van der Waals surface area contributed by atoms with E-state index in [1.807, 2.05) is 4.90 Å². The number of aliphatic hydroxyl groups excluding tert-OH is 2. The normalized spacial score (nSPS) is 42.8. The maximum absolute atomic E-state index is 13.1. The summed E-state index contributed by atoms with van der Waals surface area (Å²) in [6.45, 7) is 14.5. The van der Waals surface area contributed by atoms with Gasteiger partial charge in [0, 0.05) is 19.5 Å². The number of rotatable bonds is 7. The molecule has 35 heavy (non-hydrogen) atoms. The molecule has 4 aliphatic rings. The zero-order chi connectivity index (χ0) is 25.4. The molecule has 0 aromatic heterocycles. The highest BCUT2D eigenvalue weighted by molar-refractivity contribution is 5.76. The standard InChI is InChI=1S/C30H53NO4/c1-6-20(2)28(34)27-24(29(4)12-9-22(32)10-13-29)11-14-30(5)23(7-8-25(27)30)21(3)19-26(33)31-15-17-35-18-16-31/h20-25,27-28,32,34H,6-19H2,1-5H3/t20-,21+,22?,23+,24-,25-,27+,28+,29?,30+/m0/s1. The van der Waals surface area contributed by atoms with Crippen LogP contribution in [0.4, 0.5) is 0 Å². The Bertz CT molecular complexity index is 713. The Kier molecular flexibility index (Phi) is 8.60. The van der Waals surface area contributed by atoms with Crippen molar-refractivity contribution < 1.29 is 19.7 Å². The fourth-order valence-corrected chi connectivity index (χ4v) is 9.07. The molecule has 0 radical (unpaired) electrons. The number of hydrogen-bond acceptors (Lipinski definition) is 4. The third-order valence-electron chi connectivity index (χ3n) is 11.6. The molecule has 3 aliphatic carbocycles. The number of hydrogen-bond donors (Lipinski definition) is 2. The second-order valence-corrected chi connectivity index (χ2v) is 13.5. The number of fused-ring (bicyclic) bond motifs is 1. The zero-order valence-electron chi connectivity index (χ0n) is 23.2. The first kappa shape index (κ1) is 27.4. The second kappa shape index (κ2) is 11.0. The molecule has 0 aromatic rings. The minimum Gasteiger partial charge on any atom is -0.393 e. The largest absolute Gasteiger partial charge is 0.393 e. The molecule has 8 atom stereocenters. The van der Waals surface area contributed by atoms with Gasteiger partial charge in [-0.3, -0.25) is 4.79 Å². The Morgan fingerprint density at radius 1 is 1.00 bits per heavy atom. The molecule has 1 aliphatic heterocycles. The van der Waals surface area contributed by atoms with Gasteiger partial charge in [0.05, 0.1) is 25.4 Å². The quantitative estimate of drug-likeness (QED) is 0.508. The third-order valence-corrected chi connectivity index (χ3v) is 11.6. The first-order valence-corrected chi connectivity index (χ1v) is 14.8. The maximum atomic E-state index is 13.1. The van der Waals surface area contributed by atoms with Crippen LogP contribution in [0.25, 0.3) is 0 Å². The van der Waals surface area contributed by atoms with Gasteiger partial charge < -0.3 is 19.8 Å². The van der Waals surface area contributed by atoms with E-state index in [1.165, 1.54) is 25.7 Å². The predicted molar refractivity (Wildman–Crippen MR) is 140 cm³/mol. The fraction of sp³-hybridized carbons (Fsp3) is 0.967. The molecule has 0 spiro atoms. The van der Waals surface area contributed by atoms with E-state index in [2.05, 4.69) is 34.6 Å². The Balaban J connectivity index is 1.54. The van der Waals surface area contributed by atoms with Crippen LogP contribution in [0.5, 0.6) is 0 Å². The van der Waals surface area contributed by atoms with Gasteiger partial charge in [-0.15, -0.1) is 0 Å². The highest BCUT2D eigenvalue weighted by Crippen LogP contribution is 2.65. The topological polar surface area (TPSA) is 70.0 Å². The summed E-state index contributed by atoms with van der Waals surface area (Å²) >= 11 is 0. The van der Waals surface area contributed by atoms with Crippen LogP contribution in [0.1, 0.15) is 98.8 Å². The van der Waals surface area contributed by atoms with Crippen molar-refractivity contribution in [1.82, 2.24) is 4.90 Å². The first-order chi connectivity index (χ1) is 16.6. The van der Waals surface area contributed by atoms with E-state index in [4.69, 9.17) is 4.74 Å². The van der Waals surface area contributed by atoms with Crippen molar-refractivity contribution in [2.24, 2.45) is 46.3 Å². The molecule has 1 amide bonds. The van der Waals surface area contributed by atoms with Gasteiger partial charge in [0.25, 0.3) is 0 Å². The van der Waals surface area contributed by atoms with Gasteiger partial charge in [-0.2, -0.15) is 0 Å². The molecule has 5 heteroatoms. The van der Waals surface area contributed by atoms with Gasteiger partial charge in [0.2, 0.25) is 5.91 Å². The van der Waals surface area contributed by atoms with E-state index in [1.54, 1.807) is 0 Å². The Morgan fingerprint density at radius 3 is 2.29 bits per heavy atom. The third kappa shape index (κ3) is 5.34. The molecular weight excluding hydrogens is 438 g/mol. The van der Waals surface area contributed by atoms with Gasteiger partial charge in [0.15, 0.2) is 0 Å². The summed E-state index contributed by atoms with van der Waals surface area (Å²) in [4.78, 5) is 15.1. The lowest BCUT2D eigenvalue weighted by Crippen LogP contribution is -2.53. The molecule has 3 saturated carbocycles. The number of morpholine rings is 1. The molecule has 4 fully saturated rings. The van der Waals surface area contributed by atoms with Crippen molar-refractivity contribution >= 4 is 5.91 Å². The van der Waals surface area contributed by atoms with E-state index in [-0.39, 0.29) is 23.0 Å². The van der Waals surface area contributed by atoms with Crippen molar-refractivity contribution in [2.75, 3.05) is 26.3 Å². The number of amides is 1. The van der Waals surface area contributed by atoms with Crippen LogP contribution in [0, 0.1) is 46.3 Å². The molecular formula is C30H53NO4. The highest BCUT2D eigenvalue weighted by Gasteiger charge is 2.59. The van der Waals surface area contributed by atoms with E-state index < -0.39 is 0 Å². The van der Waals surface area contributed by atoms with E-state index >= 15 is 0 Å². The van der Waals surface area contributed by atoms with E-state index in [0.717, 1.165) is 45.2 Å². The molecule has 1 saturated heterocycles. The molecule has 0 unspecified atom stereocenters. The van der Waals surface area contributed by atoms with Crippen molar-refractivity contribution in [3.05, 3.63) is 0 Å². The van der Waals surface area contributed by atoms with Crippen molar-refractivity contribution in [2.45, 2.75) is 111 Å². The number of nitrogens with zero attached hydrogens (tertiary/aromatic N) is 1. The summed E-state index contributed by atoms with van der Waals surface area (Å²) in [5, 5.41) is 22.0. The van der Waals surface area contributed by atoms with Crippen LogP contribution in [0.15, 0.2) is 0 Å². The summed E-state index contributed by atoms with van der Waals surface area (Å²) < 4.78 is 5.45. The summed E-state index contributed by atoms with van der Waals surface area (Å²) in [7, 11) is 0. The lowest BCUT2D eigenvalue weighted by molar-refractivity contribution is -0.139. The number of aliphatic hydroxyl groups is 2. The van der Waals surface area contributed by atoms with Gasteiger partial charge in [-0.1, -0.05) is 41.0 Å². The first-order valence-electron chi connectivity index (χ1n) is 14.8. The lowest BCUT2D eigenvalue weighted by atomic mass is 9.48. The molecule has 4 rings (SSSR count). The van der Waals surface area contributed by atoms with Crippen molar-refractivity contribution in [3.8, 4) is 0 Å². The molecule has 0 bridgehead atoms. The molecule has 5 nitrogen and oxygen atoms in total. The monoisotopic (exact) mass is 491 g/mol. The van der Waals surface area contributed by atoms with Crippen LogP contribution < -0.4 is 0 Å². The zero-order valence-corrected chi connectivity index (χ0v) is 23.2. The molecule has 0 aromatic carbocycles. The summed E-state index contributed by atoms with van der Waals surface area (Å²) in [6, 6.07) is 0. The van der Waals surface area contributed by atoms with Crippen LogP contribution in [-0.2, 0) is 9.53 Å². The average Bonchev–Trinajstić information content (AvgIpc) is 3.22. The van der Waals surface area contributed by atoms with E-state index in [0.29, 0.717) is 61.0 Å². The minimum absolute atomic E-state index is 0.143. The van der Waals surface area contributed by atoms with Crippen LogP contribution in [-0.4, -0.2) is 59.5 Å². The maximum Gasteiger partial charge on any atom is 0.223 e. The molecule has 202 valence electrons. The summed E-state index contributed by atoms with van der Waals surface area (Å²) in [5.74, 6) is 2.91. The number of ether oxygens (including phenoxy) is 1. The van der Waals surface area contributed by atoms with Gasteiger partial charge in [-0.25, -0.2) is 0 Å². The fourth-order valence-electron chi connectivity index (χ4n) is 9.07. The lowest BCUT2D eigenvalue weighted by Gasteiger charge is -2.57. The SMILES string of the molecule is CC[C@H](C)[C@@H](O)[C@@H]1[C@@H](C2(C)CCC(O)CC2)CC[C@]2(C)[C@@H]([C@H](C)CC(=O)N3CCOCC3)CC[C@@H]12. The number of carbonyl (C=O) groups excluding carboxylic acids is 1. The smallest absolute Gasteiger partial charge is 0.223 e. The van der Waals surface area contributed by atoms with Gasteiger partial charge in [0.1, 0.15) is 0 Å². The average molecular weight is 492 g/mol. The van der Waals surface area contributed by atoms with Crippen molar-refractivity contribution in [3.63, 3.8) is 0 Å².